The van der Waals surface area contributed by atoms with E-state index in [1.807, 2.05) is 6.07 Å². The van der Waals surface area contributed by atoms with Gasteiger partial charge in [-0.1, -0.05) is 156 Å². The Hall–Kier alpha value is -5.36. The fourth-order valence-corrected chi connectivity index (χ4v) is 8.13. The van der Waals surface area contributed by atoms with Gasteiger partial charge in [-0.3, -0.25) is 10.1 Å². The largest absolute Gasteiger partial charge is 0.496 e. The summed E-state index contributed by atoms with van der Waals surface area (Å²) < 4.78 is 19.2. The van der Waals surface area contributed by atoms with Gasteiger partial charge in [0.1, 0.15) is 17.2 Å². The Morgan fingerprint density at radius 3 is 1.13 bits per heavy atom. The van der Waals surface area contributed by atoms with Gasteiger partial charge in [0, 0.05) is 42.4 Å². The second-order valence-electron chi connectivity index (χ2n) is 20.7. The lowest BCUT2D eigenvalue weighted by atomic mass is 9.79. The van der Waals surface area contributed by atoms with E-state index in [-0.39, 0.29) is 21.7 Å². The predicted molar refractivity (Wildman–Crippen MR) is 245 cm³/mol. The van der Waals surface area contributed by atoms with Crippen LogP contribution in [0.4, 0.5) is 4.79 Å². The fraction of sp³-hybridized carbons (Fsp3) is 0.407. The molecule has 6 nitrogen and oxygen atoms in total. The van der Waals surface area contributed by atoms with Crippen molar-refractivity contribution < 1.29 is 23.8 Å². The molecule has 1 N–H and O–H groups in total. The van der Waals surface area contributed by atoms with E-state index in [4.69, 9.17) is 14.2 Å². The second-order valence-corrected chi connectivity index (χ2v) is 20.7. The summed E-state index contributed by atoms with van der Waals surface area (Å²) >= 11 is 0. The van der Waals surface area contributed by atoms with E-state index in [1.54, 1.807) is 38.5 Å². The molecule has 1 aliphatic carbocycles. The Morgan fingerprint density at radius 2 is 0.783 bits per heavy atom. The maximum Gasteiger partial charge on any atom is 0.419 e. The van der Waals surface area contributed by atoms with Crippen molar-refractivity contribution in [1.82, 2.24) is 5.32 Å². The van der Waals surface area contributed by atoms with Gasteiger partial charge in [0.15, 0.2) is 0 Å². The maximum absolute atomic E-state index is 13.9. The highest BCUT2D eigenvalue weighted by Gasteiger charge is 2.28. The Bertz CT molecular complexity index is 2300. The van der Waals surface area contributed by atoms with Crippen LogP contribution in [0.2, 0.25) is 0 Å². The molecule has 0 unspecified atom stereocenters. The fourth-order valence-electron chi connectivity index (χ4n) is 8.13. The van der Waals surface area contributed by atoms with Gasteiger partial charge in [-0.2, -0.15) is 0 Å². The van der Waals surface area contributed by atoms with Gasteiger partial charge < -0.3 is 14.2 Å². The third kappa shape index (κ3) is 9.97. The average molecular weight is 808 g/mol. The van der Waals surface area contributed by atoms with Crippen LogP contribution in [0, 0.1) is 0 Å². The lowest BCUT2D eigenvalue weighted by Crippen LogP contribution is -2.33. The van der Waals surface area contributed by atoms with Crippen molar-refractivity contribution in [2.45, 2.75) is 130 Å². The topological polar surface area (TPSA) is 73.9 Å². The van der Waals surface area contributed by atoms with Gasteiger partial charge in [-0.05, 0) is 89.4 Å². The summed E-state index contributed by atoms with van der Waals surface area (Å²) in [4.78, 5) is 27.2. The van der Waals surface area contributed by atoms with Crippen molar-refractivity contribution in [2.24, 2.45) is 0 Å². The molecule has 0 radical (unpaired) electrons. The molecule has 0 aliphatic heterocycles. The number of imide groups is 1. The lowest BCUT2D eigenvalue weighted by molar-refractivity contribution is 0.0950. The van der Waals surface area contributed by atoms with Crippen LogP contribution in [0.5, 0.6) is 17.2 Å². The maximum atomic E-state index is 13.9. The minimum atomic E-state index is -0.843. The summed E-state index contributed by atoms with van der Waals surface area (Å²) in [5.41, 5.74) is 12.8. The normalized spacial score (nSPS) is 13.4. The zero-order valence-electron chi connectivity index (χ0n) is 38.5. The van der Waals surface area contributed by atoms with Crippen molar-refractivity contribution in [3.63, 3.8) is 0 Å². The van der Waals surface area contributed by atoms with E-state index < -0.39 is 12.0 Å². The molecular weight excluding hydrogens is 743 g/mol. The number of carbonyl (C=O) groups excluding carboxylic acids is 2. The zero-order chi connectivity index (χ0) is 43.9. The molecule has 0 aromatic heterocycles. The second kappa shape index (κ2) is 16.6. The molecule has 0 saturated carbocycles. The summed E-state index contributed by atoms with van der Waals surface area (Å²) in [7, 11) is 3.49. The van der Waals surface area contributed by atoms with Crippen LogP contribution in [-0.4, -0.2) is 26.2 Å². The highest BCUT2D eigenvalue weighted by atomic mass is 16.6. The van der Waals surface area contributed by atoms with Crippen LogP contribution in [0.3, 0.4) is 0 Å². The first-order valence-electron chi connectivity index (χ1n) is 21.2. The Kier molecular flexibility index (Phi) is 12.2. The Balaban J connectivity index is 1.69. The number of rotatable bonds is 4. The molecule has 5 aromatic carbocycles. The smallest absolute Gasteiger partial charge is 0.419 e. The molecule has 5 aromatic rings. The van der Waals surface area contributed by atoms with Gasteiger partial charge in [-0.25, -0.2) is 4.79 Å². The molecule has 0 atom stereocenters. The molecule has 8 bridgehead atoms. The van der Waals surface area contributed by atoms with Gasteiger partial charge in [0.25, 0.3) is 5.91 Å². The van der Waals surface area contributed by atoms with E-state index in [0.717, 1.165) is 50.4 Å². The van der Waals surface area contributed by atoms with Crippen molar-refractivity contribution in [3.8, 4) is 17.2 Å². The van der Waals surface area contributed by atoms with E-state index in [9.17, 15) is 9.59 Å². The number of fused-ring (bicyclic) bond motifs is 8. The molecular formula is C54H65NO5. The molecule has 0 heterocycles. The first kappa shape index (κ1) is 44.2. The lowest BCUT2D eigenvalue weighted by Gasteiger charge is -2.28. The standard InChI is InChI=1S/C54H65NO5/c1-51(2,3)42-23-33-20-34(24-42)22-37-28-44(53(7,8)9)30-39(47(37)59-14)26-41-32-45(54(10,11)12)31-40(48(41)60-50(57)55-49(56)35-18-16-15-17-19-35)25-38-29-43(52(4,5)6)27-36(21-33)46(38)58-13/h15-20,23-24,27-32H,21-22,25-26H2,1-14H3,(H,55,56,57). The van der Waals surface area contributed by atoms with Crippen molar-refractivity contribution in [3.05, 3.63) is 157 Å². The van der Waals surface area contributed by atoms with E-state index in [2.05, 4.69) is 143 Å². The van der Waals surface area contributed by atoms with Crippen LogP contribution < -0.4 is 19.5 Å². The van der Waals surface area contributed by atoms with Gasteiger partial charge >= 0.3 is 6.09 Å². The molecule has 2 amide bonds. The Labute approximate surface area is 359 Å². The third-order valence-electron chi connectivity index (χ3n) is 11.7. The third-order valence-corrected chi connectivity index (χ3v) is 11.7. The summed E-state index contributed by atoms with van der Waals surface area (Å²) in [6.07, 6.45) is 1.34. The highest BCUT2D eigenvalue weighted by Crippen LogP contribution is 2.42. The summed E-state index contributed by atoms with van der Waals surface area (Å²) in [5.74, 6) is 1.52. The van der Waals surface area contributed by atoms with E-state index in [1.165, 1.54) is 27.8 Å². The van der Waals surface area contributed by atoms with Crippen LogP contribution in [0.1, 0.15) is 160 Å². The molecule has 316 valence electrons. The molecule has 60 heavy (non-hydrogen) atoms. The first-order valence-corrected chi connectivity index (χ1v) is 21.2. The molecule has 6 heteroatoms. The average Bonchev–Trinajstić information content (AvgIpc) is 3.14. The number of hydrogen-bond donors (Lipinski definition) is 1. The number of nitrogens with one attached hydrogen (secondary N) is 1. The monoisotopic (exact) mass is 807 g/mol. The van der Waals surface area contributed by atoms with Crippen LogP contribution in [0.25, 0.3) is 0 Å². The molecule has 6 rings (SSSR count). The number of methoxy groups -OCH3 is 2. The van der Waals surface area contributed by atoms with Gasteiger partial charge in [-0.15, -0.1) is 0 Å². The molecule has 0 fully saturated rings. The molecule has 0 saturated heterocycles. The predicted octanol–water partition coefficient (Wildman–Crippen LogP) is 12.5. The number of amides is 2. The van der Waals surface area contributed by atoms with Gasteiger partial charge in [0.05, 0.1) is 14.2 Å². The highest BCUT2D eigenvalue weighted by molar-refractivity contribution is 6.03. The van der Waals surface area contributed by atoms with E-state index in [0.29, 0.717) is 37.0 Å². The quantitative estimate of drug-likeness (QED) is 0.192. The van der Waals surface area contributed by atoms with Crippen molar-refractivity contribution in [2.75, 3.05) is 14.2 Å². The minimum absolute atomic E-state index is 0.0709. The number of benzene rings is 5. The van der Waals surface area contributed by atoms with E-state index >= 15 is 0 Å². The number of carbonyl (C=O) groups is 2. The number of hydrogen-bond acceptors (Lipinski definition) is 5. The number of ether oxygens (including phenoxy) is 3. The summed E-state index contributed by atoms with van der Waals surface area (Å²) in [5, 5.41) is 2.50. The van der Waals surface area contributed by atoms with Crippen LogP contribution in [-0.2, 0) is 47.3 Å². The zero-order valence-corrected chi connectivity index (χ0v) is 38.5. The molecule has 1 aliphatic rings. The van der Waals surface area contributed by atoms with Crippen molar-refractivity contribution in [1.29, 1.82) is 0 Å². The molecule has 0 spiro atoms. The summed E-state index contributed by atoms with van der Waals surface area (Å²) in [6, 6.07) is 29.2. The van der Waals surface area contributed by atoms with Crippen LogP contribution >= 0.6 is 0 Å². The summed E-state index contributed by atoms with van der Waals surface area (Å²) in [6.45, 7) is 26.8. The minimum Gasteiger partial charge on any atom is -0.496 e. The van der Waals surface area contributed by atoms with Crippen molar-refractivity contribution >= 4 is 12.0 Å². The Morgan fingerprint density at radius 1 is 0.450 bits per heavy atom. The first-order chi connectivity index (χ1) is 27.9. The van der Waals surface area contributed by atoms with Gasteiger partial charge in [0.2, 0.25) is 0 Å². The van der Waals surface area contributed by atoms with Crippen LogP contribution in [0.15, 0.2) is 84.9 Å². The SMILES string of the molecule is COc1c2cc(C(C)(C)C)cc1Cc1cc(C(C)(C)C)cc(c1OC(=O)NC(=O)c1ccccc1)Cc1cc(C(C)(C)C)cc(c1OC)Cc1cc(cc(C(C)(C)C)c1)C2.